The minimum atomic E-state index is 0.327. The van der Waals surface area contributed by atoms with Crippen LogP contribution in [0.1, 0.15) is 43.9 Å². The summed E-state index contributed by atoms with van der Waals surface area (Å²) >= 11 is 1.82. The number of carbonyl (C=O) groups excluding carboxylic acids is 1. The van der Waals surface area contributed by atoms with Crippen LogP contribution in [-0.4, -0.2) is 23.3 Å². The largest absolute Gasteiger partial charge is 0.300 e. The number of thiophene rings is 1. The molecule has 1 aliphatic heterocycles. The number of nitrogens with zero attached hydrogens (tertiary/aromatic N) is 1. The van der Waals surface area contributed by atoms with E-state index in [4.69, 9.17) is 0 Å². The third-order valence-electron chi connectivity index (χ3n) is 3.46. The van der Waals surface area contributed by atoms with Crippen LogP contribution in [0.25, 0.3) is 0 Å². The van der Waals surface area contributed by atoms with E-state index in [2.05, 4.69) is 22.4 Å². The lowest BCUT2D eigenvalue weighted by Crippen LogP contribution is -2.35. The van der Waals surface area contributed by atoms with Crippen molar-refractivity contribution in [2.45, 2.75) is 51.6 Å². The van der Waals surface area contributed by atoms with Crippen LogP contribution in [0.4, 0.5) is 0 Å². The van der Waals surface area contributed by atoms with E-state index in [9.17, 15) is 4.79 Å². The first-order chi connectivity index (χ1) is 8.25. The molecule has 0 radical (unpaired) electrons. The summed E-state index contributed by atoms with van der Waals surface area (Å²) in [5.74, 6) is 0.327. The Morgan fingerprint density at radius 3 is 3.06 bits per heavy atom. The van der Waals surface area contributed by atoms with Gasteiger partial charge in [0.15, 0.2) is 0 Å². The van der Waals surface area contributed by atoms with Crippen molar-refractivity contribution in [3.05, 3.63) is 22.4 Å². The number of Topliss-reactive ketones (excluding diaryl/α,β-unsaturated/α-hetero) is 1. The van der Waals surface area contributed by atoms with Gasteiger partial charge in [-0.25, -0.2) is 0 Å². The molecular weight excluding hydrogens is 230 g/mol. The van der Waals surface area contributed by atoms with Gasteiger partial charge in [0.2, 0.25) is 0 Å². The molecule has 2 nitrogen and oxygen atoms in total. The summed E-state index contributed by atoms with van der Waals surface area (Å²) in [6, 6.07) is 4.77. The fourth-order valence-electron chi connectivity index (χ4n) is 2.61. The molecule has 1 aliphatic rings. The molecule has 1 unspecified atom stereocenters. The van der Waals surface area contributed by atoms with Gasteiger partial charge in [-0.1, -0.05) is 18.9 Å². The molecule has 1 fully saturated rings. The third-order valence-corrected chi connectivity index (χ3v) is 4.32. The summed E-state index contributed by atoms with van der Waals surface area (Å²) in [5, 5.41) is 2.13. The zero-order chi connectivity index (χ0) is 12.1. The van der Waals surface area contributed by atoms with Crippen LogP contribution in [0.3, 0.4) is 0 Å². The summed E-state index contributed by atoms with van der Waals surface area (Å²) in [4.78, 5) is 15.3. The summed E-state index contributed by atoms with van der Waals surface area (Å²) in [6.45, 7) is 3.89. The lowest BCUT2D eigenvalue weighted by atomic mass is 10.0. The monoisotopic (exact) mass is 251 g/mol. The number of rotatable bonds is 4. The normalized spacial score (nSPS) is 22.3. The van der Waals surface area contributed by atoms with Crippen LogP contribution in [0.2, 0.25) is 0 Å². The van der Waals surface area contributed by atoms with Gasteiger partial charge in [-0.15, -0.1) is 11.3 Å². The fraction of sp³-hybridized carbons (Fsp3) is 0.643. The zero-order valence-electron chi connectivity index (χ0n) is 10.5. The molecule has 94 valence electrons. The van der Waals surface area contributed by atoms with Crippen molar-refractivity contribution in [1.82, 2.24) is 4.90 Å². The first-order valence-corrected chi connectivity index (χ1v) is 7.39. The van der Waals surface area contributed by atoms with Crippen molar-refractivity contribution < 1.29 is 4.79 Å². The van der Waals surface area contributed by atoms with E-state index in [0.717, 1.165) is 19.5 Å². The Labute approximate surface area is 108 Å². The molecule has 1 aromatic heterocycles. The van der Waals surface area contributed by atoms with E-state index in [1.165, 1.54) is 30.6 Å². The fourth-order valence-corrected chi connectivity index (χ4v) is 3.34. The topological polar surface area (TPSA) is 20.3 Å². The Hall–Kier alpha value is -0.670. The Morgan fingerprint density at radius 2 is 2.35 bits per heavy atom. The lowest BCUT2D eigenvalue weighted by Gasteiger charge is -2.28. The summed E-state index contributed by atoms with van der Waals surface area (Å²) < 4.78 is 0. The molecule has 0 N–H and O–H groups in total. The van der Waals surface area contributed by atoms with Crippen LogP contribution < -0.4 is 0 Å². The second-order valence-electron chi connectivity index (χ2n) is 4.96. The maximum absolute atomic E-state index is 11.3. The minimum absolute atomic E-state index is 0.327. The van der Waals surface area contributed by atoms with E-state index in [-0.39, 0.29) is 0 Å². The molecule has 0 aromatic carbocycles. The molecule has 0 spiro atoms. The molecular formula is C14H21NOS. The van der Waals surface area contributed by atoms with Crippen LogP contribution in [0.5, 0.6) is 0 Å². The molecule has 1 atom stereocenters. The number of ketones is 1. The maximum Gasteiger partial charge on any atom is 0.131 e. The van der Waals surface area contributed by atoms with Crippen molar-refractivity contribution >= 4 is 17.1 Å². The highest BCUT2D eigenvalue weighted by molar-refractivity contribution is 7.09. The van der Waals surface area contributed by atoms with Gasteiger partial charge in [0.25, 0.3) is 0 Å². The van der Waals surface area contributed by atoms with Gasteiger partial charge in [0.1, 0.15) is 5.78 Å². The second-order valence-corrected chi connectivity index (χ2v) is 5.99. The molecule has 2 heterocycles. The van der Waals surface area contributed by atoms with Gasteiger partial charge >= 0.3 is 0 Å². The molecule has 0 saturated carbocycles. The van der Waals surface area contributed by atoms with Crippen molar-refractivity contribution in [2.75, 3.05) is 6.54 Å². The summed E-state index contributed by atoms with van der Waals surface area (Å²) in [6.07, 6.45) is 5.78. The van der Waals surface area contributed by atoms with Crippen molar-refractivity contribution in [3.63, 3.8) is 0 Å². The zero-order valence-corrected chi connectivity index (χ0v) is 11.3. The van der Waals surface area contributed by atoms with Gasteiger partial charge in [-0.05, 0) is 37.8 Å². The van der Waals surface area contributed by atoms with Crippen LogP contribution >= 0.6 is 11.3 Å². The molecule has 3 heteroatoms. The van der Waals surface area contributed by atoms with Crippen LogP contribution in [0, 0.1) is 0 Å². The molecule has 2 rings (SSSR count). The quantitative estimate of drug-likeness (QED) is 0.816. The first-order valence-electron chi connectivity index (χ1n) is 6.51. The van der Waals surface area contributed by atoms with Gasteiger partial charge in [-0.2, -0.15) is 0 Å². The van der Waals surface area contributed by atoms with Gasteiger partial charge in [0.05, 0.1) is 0 Å². The predicted octanol–water partition coefficient (Wildman–Crippen LogP) is 3.47. The van der Waals surface area contributed by atoms with Gasteiger partial charge < -0.3 is 0 Å². The second kappa shape index (κ2) is 6.31. The molecule has 1 saturated heterocycles. The third kappa shape index (κ3) is 3.93. The van der Waals surface area contributed by atoms with Crippen LogP contribution in [-0.2, 0) is 11.3 Å². The number of hydrogen-bond acceptors (Lipinski definition) is 3. The Morgan fingerprint density at radius 1 is 1.47 bits per heavy atom. The highest BCUT2D eigenvalue weighted by Gasteiger charge is 2.22. The Bertz CT molecular complexity index is 347. The predicted molar refractivity (Wildman–Crippen MR) is 72.3 cm³/mol. The lowest BCUT2D eigenvalue weighted by molar-refractivity contribution is -0.118. The first kappa shape index (κ1) is 12.8. The van der Waals surface area contributed by atoms with E-state index in [0.29, 0.717) is 11.8 Å². The standard InChI is InChI=1S/C14H21NOS/c1-12(16)10-13-6-3-2-4-8-15(13)11-14-7-5-9-17-14/h5,7,9,13H,2-4,6,8,10-11H2,1H3. The van der Waals surface area contributed by atoms with E-state index >= 15 is 0 Å². The smallest absolute Gasteiger partial charge is 0.131 e. The van der Waals surface area contributed by atoms with Gasteiger partial charge in [-0.3, -0.25) is 9.69 Å². The van der Waals surface area contributed by atoms with E-state index < -0.39 is 0 Å². The highest BCUT2D eigenvalue weighted by Crippen LogP contribution is 2.23. The van der Waals surface area contributed by atoms with Crippen molar-refractivity contribution in [3.8, 4) is 0 Å². The van der Waals surface area contributed by atoms with E-state index in [1.807, 2.05) is 11.3 Å². The molecule has 1 aromatic rings. The van der Waals surface area contributed by atoms with Crippen molar-refractivity contribution in [2.24, 2.45) is 0 Å². The highest BCUT2D eigenvalue weighted by atomic mass is 32.1. The Balaban J connectivity index is 2.00. The van der Waals surface area contributed by atoms with Crippen LogP contribution in [0.15, 0.2) is 17.5 Å². The molecule has 0 bridgehead atoms. The van der Waals surface area contributed by atoms with Gasteiger partial charge in [0, 0.05) is 23.9 Å². The molecule has 0 aliphatic carbocycles. The maximum atomic E-state index is 11.3. The molecule has 17 heavy (non-hydrogen) atoms. The average Bonchev–Trinajstić information content (AvgIpc) is 2.69. The van der Waals surface area contributed by atoms with E-state index in [1.54, 1.807) is 6.92 Å². The van der Waals surface area contributed by atoms with Crippen molar-refractivity contribution in [1.29, 1.82) is 0 Å². The average molecular weight is 251 g/mol. The Kier molecular flexibility index (Phi) is 4.75. The number of hydrogen-bond donors (Lipinski definition) is 0. The SMILES string of the molecule is CC(=O)CC1CCCCCN1Cc1cccs1. The number of likely N-dealkylation sites (tertiary alicyclic amines) is 1. The summed E-state index contributed by atoms with van der Waals surface area (Å²) in [7, 11) is 0. The molecule has 0 amide bonds. The number of carbonyl (C=O) groups is 1. The minimum Gasteiger partial charge on any atom is -0.300 e. The summed E-state index contributed by atoms with van der Waals surface area (Å²) in [5.41, 5.74) is 0.